The Morgan fingerprint density at radius 2 is 2.25 bits per heavy atom. The first-order valence-corrected chi connectivity index (χ1v) is 5.96. The van der Waals surface area contributed by atoms with Gasteiger partial charge in [-0.05, 0) is 31.8 Å². The first-order chi connectivity index (χ1) is 7.69. The lowest BCUT2D eigenvalue weighted by Gasteiger charge is -2.19. The molecule has 1 aromatic heterocycles. The average Bonchev–Trinajstić information content (AvgIpc) is 2.71. The largest absolute Gasteiger partial charge is 0.330 e. The summed E-state index contributed by atoms with van der Waals surface area (Å²) in [6.45, 7) is 9.83. The van der Waals surface area contributed by atoms with Crippen molar-refractivity contribution >= 4 is 0 Å². The number of aryl methyl sites for hydroxylation is 1. The van der Waals surface area contributed by atoms with Gasteiger partial charge in [0.15, 0.2) is 0 Å². The number of rotatable bonds is 7. The molecule has 1 atom stereocenters. The van der Waals surface area contributed by atoms with Crippen LogP contribution in [-0.2, 0) is 13.1 Å². The molecule has 0 amide bonds. The van der Waals surface area contributed by atoms with Gasteiger partial charge in [0.05, 0.1) is 6.54 Å². The van der Waals surface area contributed by atoms with Gasteiger partial charge >= 0.3 is 0 Å². The maximum absolute atomic E-state index is 5.72. The summed E-state index contributed by atoms with van der Waals surface area (Å²) in [7, 11) is 0. The lowest BCUT2D eigenvalue weighted by Crippen LogP contribution is -2.32. The van der Waals surface area contributed by atoms with Crippen LogP contribution in [-0.4, -0.2) is 27.9 Å². The van der Waals surface area contributed by atoms with Crippen molar-refractivity contribution in [3.8, 4) is 0 Å². The van der Waals surface area contributed by atoms with E-state index in [-0.39, 0.29) is 0 Å². The highest BCUT2D eigenvalue weighted by atomic mass is 15.3. The third-order valence-corrected chi connectivity index (χ3v) is 2.97. The van der Waals surface area contributed by atoms with E-state index >= 15 is 0 Å². The molecule has 0 saturated heterocycles. The molecule has 0 spiro atoms. The summed E-state index contributed by atoms with van der Waals surface area (Å²) in [5, 5.41) is 11.4. The number of nitrogens with zero attached hydrogens (tertiary/aromatic N) is 3. The third-order valence-electron chi connectivity index (χ3n) is 2.97. The summed E-state index contributed by atoms with van der Waals surface area (Å²) in [5.41, 5.74) is 5.72. The minimum Gasteiger partial charge on any atom is -0.330 e. The minimum atomic E-state index is 0.526. The Hall–Kier alpha value is -0.940. The van der Waals surface area contributed by atoms with Crippen molar-refractivity contribution < 1.29 is 0 Å². The molecule has 1 aromatic rings. The first-order valence-electron chi connectivity index (χ1n) is 5.96. The van der Waals surface area contributed by atoms with E-state index in [2.05, 4.69) is 36.3 Å². The predicted octanol–water partition coefficient (Wildman–Crippen LogP) is 0.618. The third kappa shape index (κ3) is 3.57. The number of aromatic nitrogens is 3. The van der Waals surface area contributed by atoms with Crippen molar-refractivity contribution in [2.45, 2.75) is 33.9 Å². The molecule has 0 radical (unpaired) electrons. The molecule has 5 nitrogen and oxygen atoms in total. The van der Waals surface area contributed by atoms with Gasteiger partial charge in [-0.15, -0.1) is 10.2 Å². The Morgan fingerprint density at radius 3 is 2.81 bits per heavy atom. The quantitative estimate of drug-likeness (QED) is 0.713. The molecule has 92 valence electrons. The topological polar surface area (TPSA) is 68.8 Å². The molecule has 0 bridgehead atoms. The monoisotopic (exact) mass is 225 g/mol. The van der Waals surface area contributed by atoms with E-state index in [0.717, 1.165) is 32.0 Å². The Labute approximate surface area is 97.4 Å². The fourth-order valence-electron chi connectivity index (χ4n) is 1.64. The Bertz CT molecular complexity index is 294. The maximum Gasteiger partial charge on any atom is 0.146 e. The lowest BCUT2D eigenvalue weighted by atomic mass is 9.96. The number of hydrogen-bond acceptors (Lipinski definition) is 4. The molecule has 3 N–H and O–H groups in total. The molecule has 0 aliphatic heterocycles. The van der Waals surface area contributed by atoms with Crippen LogP contribution in [0.5, 0.6) is 0 Å². The standard InChI is InChI=1S/C11H23N5/c1-4-16-8-14-15-11(16)7-13-6-10(5-12)9(2)3/h8-10,13H,4-7,12H2,1-3H3. The molecular weight excluding hydrogens is 202 g/mol. The van der Waals surface area contributed by atoms with Crippen molar-refractivity contribution in [3.63, 3.8) is 0 Å². The SMILES string of the molecule is CCn1cnnc1CNCC(CN)C(C)C. The average molecular weight is 225 g/mol. The maximum atomic E-state index is 5.72. The molecule has 1 heterocycles. The van der Waals surface area contributed by atoms with Gasteiger partial charge in [0.2, 0.25) is 0 Å². The molecular formula is C11H23N5. The zero-order valence-corrected chi connectivity index (χ0v) is 10.5. The van der Waals surface area contributed by atoms with E-state index < -0.39 is 0 Å². The van der Waals surface area contributed by atoms with E-state index in [9.17, 15) is 0 Å². The predicted molar refractivity (Wildman–Crippen MR) is 64.8 cm³/mol. The molecule has 1 rings (SSSR count). The summed E-state index contributed by atoms with van der Waals surface area (Å²) in [6.07, 6.45) is 1.76. The van der Waals surface area contributed by atoms with Gasteiger partial charge in [0.25, 0.3) is 0 Å². The second-order valence-electron chi connectivity index (χ2n) is 4.40. The van der Waals surface area contributed by atoms with Crippen molar-refractivity contribution in [2.75, 3.05) is 13.1 Å². The van der Waals surface area contributed by atoms with E-state index in [4.69, 9.17) is 5.73 Å². The Morgan fingerprint density at radius 1 is 1.50 bits per heavy atom. The molecule has 0 saturated carbocycles. The van der Waals surface area contributed by atoms with Crippen molar-refractivity contribution in [3.05, 3.63) is 12.2 Å². The normalized spacial score (nSPS) is 13.3. The zero-order valence-electron chi connectivity index (χ0n) is 10.5. The fraction of sp³-hybridized carbons (Fsp3) is 0.818. The van der Waals surface area contributed by atoms with E-state index in [1.165, 1.54) is 0 Å². The van der Waals surface area contributed by atoms with Crippen LogP contribution < -0.4 is 11.1 Å². The minimum absolute atomic E-state index is 0.526. The van der Waals surface area contributed by atoms with Crippen molar-refractivity contribution in [2.24, 2.45) is 17.6 Å². The number of hydrogen-bond donors (Lipinski definition) is 2. The van der Waals surface area contributed by atoms with Crippen LogP contribution in [0.1, 0.15) is 26.6 Å². The van der Waals surface area contributed by atoms with Gasteiger partial charge in [0, 0.05) is 6.54 Å². The summed E-state index contributed by atoms with van der Waals surface area (Å²) in [6, 6.07) is 0. The number of nitrogens with two attached hydrogens (primary N) is 1. The second-order valence-corrected chi connectivity index (χ2v) is 4.40. The second kappa shape index (κ2) is 6.60. The highest BCUT2D eigenvalue weighted by Gasteiger charge is 2.11. The molecule has 16 heavy (non-hydrogen) atoms. The molecule has 5 heteroatoms. The molecule has 0 aliphatic carbocycles. The smallest absolute Gasteiger partial charge is 0.146 e. The van der Waals surface area contributed by atoms with Gasteiger partial charge in [-0.2, -0.15) is 0 Å². The summed E-state index contributed by atoms with van der Waals surface area (Å²) in [5.74, 6) is 2.13. The van der Waals surface area contributed by atoms with E-state index in [1.807, 2.05) is 4.57 Å². The highest BCUT2D eigenvalue weighted by molar-refractivity contribution is 4.84. The van der Waals surface area contributed by atoms with Crippen LogP contribution in [0.2, 0.25) is 0 Å². The lowest BCUT2D eigenvalue weighted by molar-refractivity contribution is 0.367. The van der Waals surface area contributed by atoms with Gasteiger partial charge in [-0.1, -0.05) is 13.8 Å². The van der Waals surface area contributed by atoms with Gasteiger partial charge in [-0.3, -0.25) is 0 Å². The summed E-state index contributed by atoms with van der Waals surface area (Å²) < 4.78 is 2.04. The van der Waals surface area contributed by atoms with Crippen LogP contribution in [0, 0.1) is 11.8 Å². The molecule has 0 aliphatic rings. The van der Waals surface area contributed by atoms with Crippen LogP contribution in [0.25, 0.3) is 0 Å². The summed E-state index contributed by atoms with van der Waals surface area (Å²) >= 11 is 0. The van der Waals surface area contributed by atoms with Gasteiger partial charge in [0.1, 0.15) is 12.2 Å². The Balaban J connectivity index is 2.35. The van der Waals surface area contributed by atoms with Crippen LogP contribution in [0.3, 0.4) is 0 Å². The van der Waals surface area contributed by atoms with Gasteiger partial charge < -0.3 is 15.6 Å². The molecule has 1 unspecified atom stereocenters. The Kier molecular flexibility index (Phi) is 5.42. The zero-order chi connectivity index (χ0) is 12.0. The fourth-order valence-corrected chi connectivity index (χ4v) is 1.64. The molecule has 0 fully saturated rings. The highest BCUT2D eigenvalue weighted by Crippen LogP contribution is 2.07. The van der Waals surface area contributed by atoms with E-state index in [1.54, 1.807) is 6.33 Å². The first kappa shape index (κ1) is 13.1. The van der Waals surface area contributed by atoms with Gasteiger partial charge in [-0.25, -0.2) is 0 Å². The van der Waals surface area contributed by atoms with Crippen LogP contribution >= 0.6 is 0 Å². The van der Waals surface area contributed by atoms with E-state index in [0.29, 0.717) is 11.8 Å². The van der Waals surface area contributed by atoms with Crippen molar-refractivity contribution in [1.29, 1.82) is 0 Å². The molecule has 0 aromatic carbocycles. The number of nitrogens with one attached hydrogen (secondary N) is 1. The van der Waals surface area contributed by atoms with Crippen molar-refractivity contribution in [1.82, 2.24) is 20.1 Å². The summed E-state index contributed by atoms with van der Waals surface area (Å²) in [4.78, 5) is 0. The van der Waals surface area contributed by atoms with Crippen LogP contribution in [0.4, 0.5) is 0 Å². The van der Waals surface area contributed by atoms with Crippen LogP contribution in [0.15, 0.2) is 6.33 Å².